The summed E-state index contributed by atoms with van der Waals surface area (Å²) in [6.45, 7) is 1.80. The summed E-state index contributed by atoms with van der Waals surface area (Å²) in [4.78, 5) is 16.0. The summed E-state index contributed by atoms with van der Waals surface area (Å²) in [6.07, 6.45) is 0. The minimum Gasteiger partial charge on any atom is -0.344 e. The molecule has 5 heteroatoms. The van der Waals surface area contributed by atoms with E-state index in [1.807, 2.05) is 0 Å². The van der Waals surface area contributed by atoms with Crippen LogP contribution >= 0.6 is 15.9 Å². The van der Waals surface area contributed by atoms with Crippen LogP contribution in [0.15, 0.2) is 47.1 Å². The molecule has 0 aliphatic rings. The number of carbonyl (C=O) groups excluding carboxylic acids is 1. The zero-order chi connectivity index (χ0) is 13.8. The van der Waals surface area contributed by atoms with Crippen molar-refractivity contribution in [1.82, 2.24) is 10.3 Å². The molecule has 0 saturated heterocycles. The van der Waals surface area contributed by atoms with Crippen molar-refractivity contribution in [1.29, 1.82) is 0 Å². The summed E-state index contributed by atoms with van der Waals surface area (Å²) in [5.74, 6) is -0.614. The predicted molar refractivity (Wildman–Crippen MR) is 74.2 cm³/mol. The molecule has 2 rings (SSSR count). The summed E-state index contributed by atoms with van der Waals surface area (Å²) in [7, 11) is 0. The van der Waals surface area contributed by atoms with Gasteiger partial charge in [0.25, 0.3) is 5.91 Å². The Morgan fingerprint density at radius 1 is 1.32 bits per heavy atom. The lowest BCUT2D eigenvalue weighted by Gasteiger charge is -2.14. The van der Waals surface area contributed by atoms with Gasteiger partial charge in [-0.05, 0) is 52.7 Å². The maximum Gasteiger partial charge on any atom is 0.270 e. The second-order valence-electron chi connectivity index (χ2n) is 4.10. The number of nitrogens with zero attached hydrogens (tertiary/aromatic N) is 1. The molecule has 1 atom stereocenters. The van der Waals surface area contributed by atoms with Gasteiger partial charge in [0.1, 0.15) is 16.1 Å². The Labute approximate surface area is 119 Å². The molecular weight excluding hydrogens is 311 g/mol. The van der Waals surface area contributed by atoms with Gasteiger partial charge in [0.15, 0.2) is 0 Å². The number of hydrogen-bond donors (Lipinski definition) is 1. The zero-order valence-electron chi connectivity index (χ0n) is 10.2. The Morgan fingerprint density at radius 3 is 2.74 bits per heavy atom. The molecule has 1 unspecified atom stereocenters. The standard InChI is InChI=1S/C14H12BrFN2O/c1-9(10-4-2-5-11(16)8-10)17-14(19)12-6-3-7-13(15)18-12/h2-9H,1H3,(H,17,19). The summed E-state index contributed by atoms with van der Waals surface area (Å²) < 4.78 is 13.7. The van der Waals surface area contributed by atoms with Crippen molar-refractivity contribution >= 4 is 21.8 Å². The van der Waals surface area contributed by atoms with Crippen LogP contribution in [0.4, 0.5) is 4.39 Å². The molecule has 1 N–H and O–H groups in total. The highest BCUT2D eigenvalue weighted by Crippen LogP contribution is 2.14. The first-order chi connectivity index (χ1) is 9.06. The Balaban J connectivity index is 2.11. The number of halogens is 2. The fourth-order valence-corrected chi connectivity index (χ4v) is 2.01. The van der Waals surface area contributed by atoms with Gasteiger partial charge in [0.05, 0.1) is 6.04 Å². The van der Waals surface area contributed by atoms with Gasteiger partial charge in [-0.25, -0.2) is 9.37 Å². The lowest BCUT2D eigenvalue weighted by Crippen LogP contribution is -2.27. The Morgan fingerprint density at radius 2 is 2.05 bits per heavy atom. The third kappa shape index (κ3) is 3.61. The minimum atomic E-state index is -0.320. The van der Waals surface area contributed by atoms with E-state index in [9.17, 15) is 9.18 Å². The zero-order valence-corrected chi connectivity index (χ0v) is 11.8. The first kappa shape index (κ1) is 13.7. The topological polar surface area (TPSA) is 42.0 Å². The van der Waals surface area contributed by atoms with E-state index in [0.717, 1.165) is 0 Å². The van der Waals surface area contributed by atoms with Gasteiger partial charge in [-0.2, -0.15) is 0 Å². The van der Waals surface area contributed by atoms with Gasteiger partial charge >= 0.3 is 0 Å². The number of nitrogens with one attached hydrogen (secondary N) is 1. The van der Waals surface area contributed by atoms with Crippen LogP contribution in [0, 0.1) is 5.82 Å². The SMILES string of the molecule is CC(NC(=O)c1cccc(Br)n1)c1cccc(F)c1. The Kier molecular flexibility index (Phi) is 4.27. The van der Waals surface area contributed by atoms with E-state index in [0.29, 0.717) is 15.9 Å². The summed E-state index contributed by atoms with van der Waals surface area (Å²) >= 11 is 3.21. The van der Waals surface area contributed by atoms with E-state index in [2.05, 4.69) is 26.2 Å². The van der Waals surface area contributed by atoms with E-state index >= 15 is 0 Å². The monoisotopic (exact) mass is 322 g/mol. The summed E-state index contributed by atoms with van der Waals surface area (Å²) in [5, 5.41) is 2.78. The number of pyridine rings is 1. The third-order valence-corrected chi connectivity index (χ3v) is 3.09. The smallest absolute Gasteiger partial charge is 0.270 e. The molecule has 98 valence electrons. The van der Waals surface area contributed by atoms with Crippen LogP contribution in [0.2, 0.25) is 0 Å². The van der Waals surface area contributed by atoms with Crippen molar-refractivity contribution in [2.24, 2.45) is 0 Å². The van der Waals surface area contributed by atoms with Gasteiger partial charge in [-0.1, -0.05) is 18.2 Å². The van der Waals surface area contributed by atoms with Crippen molar-refractivity contribution in [2.45, 2.75) is 13.0 Å². The highest BCUT2D eigenvalue weighted by molar-refractivity contribution is 9.10. The molecular formula is C14H12BrFN2O. The molecule has 0 aliphatic carbocycles. The van der Waals surface area contributed by atoms with Gasteiger partial charge in [-0.3, -0.25) is 4.79 Å². The lowest BCUT2D eigenvalue weighted by atomic mass is 10.1. The normalized spacial score (nSPS) is 11.9. The second-order valence-corrected chi connectivity index (χ2v) is 4.91. The third-order valence-electron chi connectivity index (χ3n) is 2.64. The molecule has 1 amide bonds. The summed E-state index contributed by atoms with van der Waals surface area (Å²) in [6, 6.07) is 11.0. The van der Waals surface area contributed by atoms with E-state index < -0.39 is 0 Å². The number of amides is 1. The van der Waals surface area contributed by atoms with Crippen LogP contribution in [0.25, 0.3) is 0 Å². The highest BCUT2D eigenvalue weighted by Gasteiger charge is 2.13. The first-order valence-corrected chi connectivity index (χ1v) is 6.54. The van der Waals surface area contributed by atoms with Crippen LogP contribution < -0.4 is 5.32 Å². The largest absolute Gasteiger partial charge is 0.344 e. The quantitative estimate of drug-likeness (QED) is 0.879. The number of hydrogen-bond acceptors (Lipinski definition) is 2. The van der Waals surface area contributed by atoms with Crippen molar-refractivity contribution < 1.29 is 9.18 Å². The van der Waals surface area contributed by atoms with Crippen LogP contribution in [-0.4, -0.2) is 10.9 Å². The molecule has 0 fully saturated rings. The molecule has 1 aromatic carbocycles. The van der Waals surface area contributed by atoms with E-state index in [1.54, 1.807) is 37.3 Å². The molecule has 0 saturated carbocycles. The molecule has 0 aliphatic heterocycles. The predicted octanol–water partition coefficient (Wildman–Crippen LogP) is 3.47. The summed E-state index contributed by atoms with van der Waals surface area (Å²) in [5.41, 5.74) is 1.03. The van der Waals surface area contributed by atoms with Crippen molar-refractivity contribution in [3.8, 4) is 0 Å². The average molecular weight is 323 g/mol. The molecule has 3 nitrogen and oxygen atoms in total. The van der Waals surface area contributed by atoms with Crippen molar-refractivity contribution in [2.75, 3.05) is 0 Å². The van der Waals surface area contributed by atoms with Gasteiger partial charge < -0.3 is 5.32 Å². The van der Waals surface area contributed by atoms with Gasteiger partial charge in [-0.15, -0.1) is 0 Å². The molecule has 2 aromatic rings. The molecule has 1 aromatic heterocycles. The maximum absolute atomic E-state index is 13.1. The Hall–Kier alpha value is -1.75. The number of carbonyl (C=O) groups is 1. The first-order valence-electron chi connectivity index (χ1n) is 5.75. The fourth-order valence-electron chi connectivity index (χ4n) is 1.66. The average Bonchev–Trinajstić information content (AvgIpc) is 2.38. The second kappa shape index (κ2) is 5.93. The van der Waals surface area contributed by atoms with Crippen LogP contribution in [0.5, 0.6) is 0 Å². The molecule has 0 bridgehead atoms. The van der Waals surface area contributed by atoms with Crippen LogP contribution in [0.3, 0.4) is 0 Å². The van der Waals surface area contributed by atoms with Gasteiger partial charge in [0, 0.05) is 0 Å². The highest BCUT2D eigenvalue weighted by atomic mass is 79.9. The minimum absolute atomic E-state index is 0.288. The van der Waals surface area contributed by atoms with Crippen LogP contribution in [0.1, 0.15) is 29.0 Å². The molecule has 0 radical (unpaired) electrons. The van der Waals surface area contributed by atoms with E-state index in [-0.39, 0.29) is 17.8 Å². The number of rotatable bonds is 3. The van der Waals surface area contributed by atoms with E-state index in [4.69, 9.17) is 0 Å². The van der Waals surface area contributed by atoms with Crippen molar-refractivity contribution in [3.05, 3.63) is 64.1 Å². The van der Waals surface area contributed by atoms with Crippen molar-refractivity contribution in [3.63, 3.8) is 0 Å². The molecule has 0 spiro atoms. The van der Waals surface area contributed by atoms with Crippen LogP contribution in [-0.2, 0) is 0 Å². The maximum atomic E-state index is 13.1. The molecule has 1 heterocycles. The number of aromatic nitrogens is 1. The van der Waals surface area contributed by atoms with Gasteiger partial charge in [0.2, 0.25) is 0 Å². The molecule has 19 heavy (non-hydrogen) atoms. The Bertz CT molecular complexity index is 604. The fraction of sp³-hybridized carbons (Fsp3) is 0.143. The number of benzene rings is 1. The lowest BCUT2D eigenvalue weighted by molar-refractivity contribution is 0.0934. The van der Waals surface area contributed by atoms with E-state index in [1.165, 1.54) is 12.1 Å².